The second kappa shape index (κ2) is 3.09. The van der Waals surface area contributed by atoms with E-state index in [9.17, 15) is 9.59 Å². The average molecular weight is 255 g/mol. The second-order valence-electron chi connectivity index (χ2n) is 3.04. The van der Waals surface area contributed by atoms with Gasteiger partial charge in [0.15, 0.2) is 0 Å². The number of nitrogens with two attached hydrogens (primary N) is 1. The summed E-state index contributed by atoms with van der Waals surface area (Å²) >= 11 is 3.27. The van der Waals surface area contributed by atoms with Crippen molar-refractivity contribution in [3.63, 3.8) is 0 Å². The third-order valence-electron chi connectivity index (χ3n) is 2.13. The molecule has 2 amide bonds. The van der Waals surface area contributed by atoms with Gasteiger partial charge in [0, 0.05) is 10.0 Å². The molecule has 1 unspecified atom stereocenters. The molecule has 72 valence electrons. The minimum absolute atomic E-state index is 0.253. The summed E-state index contributed by atoms with van der Waals surface area (Å²) in [5, 5.41) is 2.51. The number of fused-ring (bicyclic) bond motifs is 1. The molecule has 1 aliphatic heterocycles. The first-order valence-corrected chi connectivity index (χ1v) is 4.78. The fourth-order valence-corrected chi connectivity index (χ4v) is 1.87. The van der Waals surface area contributed by atoms with E-state index in [4.69, 9.17) is 5.73 Å². The fourth-order valence-electron chi connectivity index (χ4n) is 1.49. The highest BCUT2D eigenvalue weighted by Crippen LogP contribution is 2.27. The monoisotopic (exact) mass is 254 g/mol. The predicted octanol–water partition coefficient (Wildman–Crippen LogP) is 0.719. The SMILES string of the molecule is NC(=O)C1NC(=O)c2ccc(Br)cc21. The molecule has 0 fully saturated rings. The van der Waals surface area contributed by atoms with Crippen LogP contribution in [0, 0.1) is 0 Å². The summed E-state index contributed by atoms with van der Waals surface area (Å²) in [5.74, 6) is -0.800. The van der Waals surface area contributed by atoms with Crippen molar-refractivity contribution >= 4 is 27.7 Å². The van der Waals surface area contributed by atoms with Crippen molar-refractivity contribution in [2.24, 2.45) is 5.73 Å². The van der Waals surface area contributed by atoms with Gasteiger partial charge < -0.3 is 11.1 Å². The Balaban J connectivity index is 2.56. The quantitative estimate of drug-likeness (QED) is 0.776. The molecular formula is C9H7BrN2O2. The van der Waals surface area contributed by atoms with Crippen molar-refractivity contribution in [2.45, 2.75) is 6.04 Å². The Morgan fingerprint density at radius 3 is 2.86 bits per heavy atom. The number of primary amides is 1. The van der Waals surface area contributed by atoms with E-state index in [1.54, 1.807) is 18.2 Å². The number of hydrogen-bond donors (Lipinski definition) is 2. The van der Waals surface area contributed by atoms with Gasteiger partial charge in [-0.15, -0.1) is 0 Å². The lowest BCUT2D eigenvalue weighted by Gasteiger charge is -2.05. The van der Waals surface area contributed by atoms with E-state index >= 15 is 0 Å². The van der Waals surface area contributed by atoms with Crippen molar-refractivity contribution < 1.29 is 9.59 Å². The minimum Gasteiger partial charge on any atom is -0.368 e. The molecule has 5 heteroatoms. The van der Waals surface area contributed by atoms with Gasteiger partial charge in [-0.05, 0) is 23.8 Å². The highest BCUT2D eigenvalue weighted by molar-refractivity contribution is 9.10. The zero-order valence-electron chi connectivity index (χ0n) is 7.08. The van der Waals surface area contributed by atoms with Crippen LogP contribution in [0.5, 0.6) is 0 Å². The Morgan fingerprint density at radius 1 is 1.50 bits per heavy atom. The molecule has 1 aromatic rings. The van der Waals surface area contributed by atoms with Gasteiger partial charge in [-0.1, -0.05) is 15.9 Å². The number of halogens is 1. The Labute approximate surface area is 88.6 Å². The maximum Gasteiger partial charge on any atom is 0.252 e. The maximum absolute atomic E-state index is 11.4. The van der Waals surface area contributed by atoms with Crippen LogP contribution in [0.25, 0.3) is 0 Å². The molecule has 1 aliphatic rings. The van der Waals surface area contributed by atoms with E-state index in [1.807, 2.05) is 0 Å². The molecule has 0 saturated carbocycles. The highest BCUT2D eigenvalue weighted by atomic mass is 79.9. The maximum atomic E-state index is 11.4. The topological polar surface area (TPSA) is 72.2 Å². The van der Waals surface area contributed by atoms with Gasteiger partial charge in [-0.25, -0.2) is 0 Å². The minimum atomic E-state index is -0.699. The summed E-state index contributed by atoms with van der Waals surface area (Å²) in [5.41, 5.74) is 6.30. The van der Waals surface area contributed by atoms with Gasteiger partial charge in [-0.3, -0.25) is 9.59 Å². The van der Waals surface area contributed by atoms with E-state index in [0.717, 1.165) is 4.47 Å². The van der Waals surface area contributed by atoms with Crippen LogP contribution in [0.15, 0.2) is 22.7 Å². The molecule has 0 radical (unpaired) electrons. The van der Waals surface area contributed by atoms with Gasteiger partial charge in [-0.2, -0.15) is 0 Å². The number of amides is 2. The van der Waals surface area contributed by atoms with Gasteiger partial charge in [0.05, 0.1) is 0 Å². The van der Waals surface area contributed by atoms with Crippen LogP contribution in [0.3, 0.4) is 0 Å². The second-order valence-corrected chi connectivity index (χ2v) is 3.96. The summed E-state index contributed by atoms with van der Waals surface area (Å²) in [6, 6.07) is 4.44. The number of rotatable bonds is 1. The molecule has 0 bridgehead atoms. The number of nitrogens with one attached hydrogen (secondary N) is 1. The number of carbonyl (C=O) groups excluding carboxylic acids is 2. The van der Waals surface area contributed by atoms with Crippen LogP contribution in [-0.4, -0.2) is 11.8 Å². The zero-order chi connectivity index (χ0) is 10.3. The van der Waals surface area contributed by atoms with E-state index < -0.39 is 11.9 Å². The number of carbonyl (C=O) groups is 2. The first-order valence-electron chi connectivity index (χ1n) is 3.99. The van der Waals surface area contributed by atoms with Crippen LogP contribution in [0.4, 0.5) is 0 Å². The van der Waals surface area contributed by atoms with Crippen molar-refractivity contribution in [1.29, 1.82) is 0 Å². The van der Waals surface area contributed by atoms with Crippen molar-refractivity contribution in [2.75, 3.05) is 0 Å². The van der Waals surface area contributed by atoms with Gasteiger partial charge in [0.1, 0.15) is 6.04 Å². The Hall–Kier alpha value is -1.36. The summed E-state index contributed by atoms with van der Waals surface area (Å²) in [4.78, 5) is 22.4. The van der Waals surface area contributed by atoms with E-state index in [-0.39, 0.29) is 5.91 Å². The first kappa shape index (κ1) is 9.21. The highest BCUT2D eigenvalue weighted by Gasteiger charge is 2.31. The van der Waals surface area contributed by atoms with Gasteiger partial charge in [0.2, 0.25) is 5.91 Å². The fraction of sp³-hybridized carbons (Fsp3) is 0.111. The molecule has 1 aromatic carbocycles. The average Bonchev–Trinajstić information content (AvgIpc) is 2.43. The van der Waals surface area contributed by atoms with Crippen molar-refractivity contribution in [3.05, 3.63) is 33.8 Å². The molecule has 14 heavy (non-hydrogen) atoms. The predicted molar refractivity (Wildman–Crippen MR) is 53.5 cm³/mol. The molecule has 3 N–H and O–H groups in total. The Bertz CT molecular complexity index is 431. The summed E-state index contributed by atoms with van der Waals surface area (Å²) in [6.07, 6.45) is 0. The molecular weight excluding hydrogens is 248 g/mol. The molecule has 1 atom stereocenters. The van der Waals surface area contributed by atoms with Crippen LogP contribution in [-0.2, 0) is 4.79 Å². The third-order valence-corrected chi connectivity index (χ3v) is 2.62. The van der Waals surface area contributed by atoms with Crippen LogP contribution >= 0.6 is 15.9 Å². The van der Waals surface area contributed by atoms with Crippen LogP contribution in [0.2, 0.25) is 0 Å². The largest absolute Gasteiger partial charge is 0.368 e. The van der Waals surface area contributed by atoms with Crippen LogP contribution < -0.4 is 11.1 Å². The van der Waals surface area contributed by atoms with Gasteiger partial charge in [0.25, 0.3) is 5.91 Å². The molecule has 4 nitrogen and oxygen atoms in total. The smallest absolute Gasteiger partial charge is 0.252 e. The van der Waals surface area contributed by atoms with Crippen molar-refractivity contribution in [1.82, 2.24) is 5.32 Å². The lowest BCUT2D eigenvalue weighted by Crippen LogP contribution is -2.30. The van der Waals surface area contributed by atoms with E-state index in [2.05, 4.69) is 21.2 Å². The summed E-state index contributed by atoms with van der Waals surface area (Å²) in [6.45, 7) is 0. The van der Waals surface area contributed by atoms with E-state index in [1.165, 1.54) is 0 Å². The lowest BCUT2D eigenvalue weighted by molar-refractivity contribution is -0.119. The first-order chi connectivity index (χ1) is 6.59. The zero-order valence-corrected chi connectivity index (χ0v) is 8.67. The Kier molecular flexibility index (Phi) is 2.03. The van der Waals surface area contributed by atoms with Crippen molar-refractivity contribution in [3.8, 4) is 0 Å². The van der Waals surface area contributed by atoms with Gasteiger partial charge >= 0.3 is 0 Å². The molecule has 0 aliphatic carbocycles. The molecule has 0 aromatic heterocycles. The standard InChI is InChI=1S/C9H7BrN2O2/c10-4-1-2-5-6(3-4)7(8(11)13)12-9(5)14/h1-3,7H,(H2,11,13)(H,12,14). The lowest BCUT2D eigenvalue weighted by atomic mass is 10.0. The molecule has 0 spiro atoms. The van der Waals surface area contributed by atoms with Crippen LogP contribution in [0.1, 0.15) is 22.0 Å². The summed E-state index contributed by atoms with van der Waals surface area (Å²) < 4.78 is 0.819. The number of hydrogen-bond acceptors (Lipinski definition) is 2. The number of benzene rings is 1. The normalized spacial score (nSPS) is 18.9. The van der Waals surface area contributed by atoms with E-state index in [0.29, 0.717) is 11.1 Å². The summed E-state index contributed by atoms with van der Waals surface area (Å²) in [7, 11) is 0. The third kappa shape index (κ3) is 1.29. The Morgan fingerprint density at radius 2 is 2.21 bits per heavy atom. The molecule has 0 saturated heterocycles. The molecule has 2 rings (SSSR count). The molecule has 1 heterocycles.